The maximum Gasteiger partial charge on any atom is 0.243 e. The van der Waals surface area contributed by atoms with Gasteiger partial charge in [0.2, 0.25) is 6.33 Å². The third-order valence-corrected chi connectivity index (χ3v) is 2.47. The molecule has 1 aromatic carbocycles. The Labute approximate surface area is 95.3 Å². The lowest BCUT2D eigenvalue weighted by atomic mass is 10.3. The zero-order chi connectivity index (χ0) is 11.4. The first-order valence-corrected chi connectivity index (χ1v) is 5.35. The Hall–Kier alpha value is -1.97. The average molecular weight is 217 g/mol. The zero-order valence-corrected chi connectivity index (χ0v) is 9.43. The second kappa shape index (κ2) is 4.70. The molecular weight excluding hydrogens is 200 g/mol. The van der Waals surface area contributed by atoms with Crippen molar-refractivity contribution in [2.45, 2.75) is 6.54 Å². The maximum absolute atomic E-state index is 5.83. The summed E-state index contributed by atoms with van der Waals surface area (Å²) in [6.07, 6.45) is 6.13. The van der Waals surface area contributed by atoms with Gasteiger partial charge in [0.25, 0.3) is 0 Å². The zero-order valence-electron chi connectivity index (χ0n) is 9.43. The van der Waals surface area contributed by atoms with Crippen molar-refractivity contribution < 1.29 is 4.57 Å². The third kappa shape index (κ3) is 2.53. The van der Waals surface area contributed by atoms with Crippen molar-refractivity contribution >= 4 is 11.4 Å². The molecule has 0 aliphatic rings. The summed E-state index contributed by atoms with van der Waals surface area (Å²) < 4.78 is 4.16. The van der Waals surface area contributed by atoms with Gasteiger partial charge in [0, 0.05) is 0 Å². The van der Waals surface area contributed by atoms with E-state index in [4.69, 9.17) is 5.73 Å². The molecule has 0 atom stereocenters. The van der Waals surface area contributed by atoms with Gasteiger partial charge in [-0.1, -0.05) is 12.1 Å². The van der Waals surface area contributed by atoms with E-state index in [2.05, 4.69) is 22.4 Å². The van der Waals surface area contributed by atoms with E-state index in [0.717, 1.165) is 24.5 Å². The van der Waals surface area contributed by atoms with E-state index in [1.165, 1.54) is 0 Å². The number of hydrogen-bond acceptors (Lipinski definition) is 2. The number of hydrogen-bond donors (Lipinski definition) is 2. The number of nitrogens with one attached hydrogen (secondary N) is 1. The summed E-state index contributed by atoms with van der Waals surface area (Å²) in [4.78, 5) is 0. The van der Waals surface area contributed by atoms with Crippen LogP contribution in [0.1, 0.15) is 0 Å². The van der Waals surface area contributed by atoms with E-state index in [1.54, 1.807) is 0 Å². The van der Waals surface area contributed by atoms with Crippen molar-refractivity contribution in [3.05, 3.63) is 43.0 Å². The molecule has 84 valence electrons. The van der Waals surface area contributed by atoms with Crippen molar-refractivity contribution in [1.29, 1.82) is 0 Å². The Balaban J connectivity index is 1.87. The number of nitrogen functional groups attached to an aromatic ring is 1. The highest BCUT2D eigenvalue weighted by Gasteiger charge is 2.00. The molecule has 0 amide bonds. The fourth-order valence-corrected chi connectivity index (χ4v) is 1.61. The maximum atomic E-state index is 5.83. The molecule has 4 nitrogen and oxygen atoms in total. The van der Waals surface area contributed by atoms with Crippen LogP contribution in [0.5, 0.6) is 0 Å². The van der Waals surface area contributed by atoms with Crippen LogP contribution in [0.2, 0.25) is 0 Å². The number of anilines is 2. The summed E-state index contributed by atoms with van der Waals surface area (Å²) in [6, 6.07) is 7.81. The monoisotopic (exact) mass is 217 g/mol. The van der Waals surface area contributed by atoms with Crippen LogP contribution >= 0.6 is 0 Å². The number of imidazole rings is 1. The molecule has 0 aliphatic carbocycles. The van der Waals surface area contributed by atoms with Crippen LogP contribution in [0.3, 0.4) is 0 Å². The molecule has 0 aliphatic heterocycles. The Bertz CT molecular complexity index is 462. The van der Waals surface area contributed by atoms with Crippen molar-refractivity contribution in [2.24, 2.45) is 7.05 Å². The van der Waals surface area contributed by atoms with Gasteiger partial charge in [-0.15, -0.1) is 0 Å². The first-order valence-electron chi connectivity index (χ1n) is 5.35. The van der Waals surface area contributed by atoms with Gasteiger partial charge >= 0.3 is 0 Å². The fraction of sp³-hybridized carbons (Fsp3) is 0.250. The molecule has 4 heteroatoms. The summed E-state index contributed by atoms with van der Waals surface area (Å²) >= 11 is 0. The molecule has 0 radical (unpaired) electrons. The Morgan fingerprint density at radius 3 is 2.88 bits per heavy atom. The first kappa shape index (κ1) is 10.5. The topological polar surface area (TPSA) is 46.9 Å². The predicted octanol–water partition coefficient (Wildman–Crippen LogP) is 1.01. The number of aromatic nitrogens is 2. The highest BCUT2D eigenvalue weighted by atomic mass is 15.1. The van der Waals surface area contributed by atoms with Gasteiger partial charge in [0.15, 0.2) is 0 Å². The molecule has 2 aromatic rings. The largest absolute Gasteiger partial charge is 0.397 e. The van der Waals surface area contributed by atoms with E-state index < -0.39 is 0 Å². The number of benzene rings is 1. The number of rotatable bonds is 4. The van der Waals surface area contributed by atoms with Crippen molar-refractivity contribution in [2.75, 3.05) is 17.6 Å². The summed E-state index contributed by atoms with van der Waals surface area (Å²) in [5, 5.41) is 3.32. The normalized spacial score (nSPS) is 10.3. The minimum Gasteiger partial charge on any atom is -0.397 e. The molecule has 0 fully saturated rings. The van der Waals surface area contributed by atoms with Crippen LogP contribution in [-0.4, -0.2) is 11.1 Å². The fourth-order valence-electron chi connectivity index (χ4n) is 1.61. The lowest BCUT2D eigenvalue weighted by molar-refractivity contribution is -0.671. The van der Waals surface area contributed by atoms with Crippen molar-refractivity contribution in [1.82, 2.24) is 4.57 Å². The molecule has 2 rings (SSSR count). The van der Waals surface area contributed by atoms with Crippen LogP contribution in [-0.2, 0) is 13.6 Å². The number of aryl methyl sites for hydroxylation is 1. The Morgan fingerprint density at radius 1 is 1.38 bits per heavy atom. The minimum atomic E-state index is 0.792. The van der Waals surface area contributed by atoms with Gasteiger partial charge in [-0.05, 0) is 12.1 Å². The van der Waals surface area contributed by atoms with E-state index in [0.29, 0.717) is 0 Å². The molecule has 0 bridgehead atoms. The predicted molar refractivity (Wildman–Crippen MR) is 65.0 cm³/mol. The number of nitrogens with zero attached hydrogens (tertiary/aromatic N) is 2. The Kier molecular flexibility index (Phi) is 3.10. The van der Waals surface area contributed by atoms with E-state index in [9.17, 15) is 0 Å². The molecule has 0 saturated heterocycles. The molecule has 1 heterocycles. The number of para-hydroxylation sites is 2. The van der Waals surface area contributed by atoms with E-state index in [-0.39, 0.29) is 0 Å². The summed E-state index contributed by atoms with van der Waals surface area (Å²) in [5.74, 6) is 0. The van der Waals surface area contributed by atoms with E-state index in [1.807, 2.05) is 42.1 Å². The minimum absolute atomic E-state index is 0.792. The van der Waals surface area contributed by atoms with Crippen molar-refractivity contribution in [3.8, 4) is 0 Å². The summed E-state index contributed by atoms with van der Waals surface area (Å²) in [7, 11) is 2.01. The van der Waals surface area contributed by atoms with Crippen LogP contribution in [0.15, 0.2) is 43.0 Å². The molecular formula is C12H17N4+. The van der Waals surface area contributed by atoms with Gasteiger partial charge in [0.05, 0.1) is 25.0 Å². The molecule has 16 heavy (non-hydrogen) atoms. The lowest BCUT2D eigenvalue weighted by Crippen LogP contribution is -2.24. The summed E-state index contributed by atoms with van der Waals surface area (Å²) in [5.41, 5.74) is 7.62. The van der Waals surface area contributed by atoms with Gasteiger partial charge in [-0.2, -0.15) is 0 Å². The van der Waals surface area contributed by atoms with Gasteiger partial charge < -0.3 is 11.1 Å². The van der Waals surface area contributed by atoms with Crippen molar-refractivity contribution in [3.63, 3.8) is 0 Å². The van der Waals surface area contributed by atoms with Gasteiger partial charge in [-0.3, -0.25) is 0 Å². The average Bonchev–Trinajstić information content (AvgIpc) is 2.67. The van der Waals surface area contributed by atoms with E-state index >= 15 is 0 Å². The molecule has 0 spiro atoms. The van der Waals surface area contributed by atoms with Crippen LogP contribution in [0.4, 0.5) is 11.4 Å². The SMILES string of the molecule is C[n+]1ccn(CCNc2ccccc2N)c1. The van der Waals surface area contributed by atoms with Crippen LogP contribution in [0, 0.1) is 0 Å². The Morgan fingerprint density at radius 2 is 2.19 bits per heavy atom. The molecule has 0 saturated carbocycles. The smallest absolute Gasteiger partial charge is 0.243 e. The molecule has 0 unspecified atom stereocenters. The number of nitrogens with two attached hydrogens (primary N) is 1. The van der Waals surface area contributed by atoms with Crippen LogP contribution < -0.4 is 15.6 Å². The van der Waals surface area contributed by atoms with Gasteiger partial charge in [-0.25, -0.2) is 9.13 Å². The third-order valence-electron chi connectivity index (χ3n) is 2.47. The lowest BCUT2D eigenvalue weighted by Gasteiger charge is -2.07. The highest BCUT2D eigenvalue weighted by molar-refractivity contribution is 5.65. The molecule has 3 N–H and O–H groups in total. The molecule has 1 aromatic heterocycles. The highest BCUT2D eigenvalue weighted by Crippen LogP contribution is 2.15. The standard InChI is InChI=1S/C12H17N4/c1-15-8-9-16(10-15)7-6-14-12-5-3-2-4-11(12)13/h2-5,8-10,14H,6-7,13H2,1H3/q+1. The van der Waals surface area contributed by atoms with Crippen LogP contribution in [0.25, 0.3) is 0 Å². The summed E-state index contributed by atoms with van der Waals surface area (Å²) in [6.45, 7) is 1.79. The second-order valence-corrected chi connectivity index (χ2v) is 3.83. The first-order chi connectivity index (χ1) is 7.75. The van der Waals surface area contributed by atoms with Gasteiger partial charge in [0.1, 0.15) is 18.9 Å². The second-order valence-electron chi connectivity index (χ2n) is 3.83. The quantitative estimate of drug-likeness (QED) is 0.593.